The Bertz CT molecular complexity index is 296. The minimum Gasteiger partial charge on any atom is -0.454 e. The maximum atomic E-state index is 11.6. The minimum absolute atomic E-state index is 0.190. The van der Waals surface area contributed by atoms with E-state index in [9.17, 15) is 20.1 Å². The molecule has 0 bridgehead atoms. The van der Waals surface area contributed by atoms with Crippen LogP contribution in [0.3, 0.4) is 0 Å². The number of unbranched alkanes of at least 4 members (excludes halogenated alkanes) is 3. The van der Waals surface area contributed by atoms with Crippen molar-refractivity contribution in [1.29, 1.82) is 0 Å². The highest BCUT2D eigenvalue weighted by Gasteiger charge is 2.45. The largest absolute Gasteiger partial charge is 0.454 e. The number of rotatable bonds is 7. The van der Waals surface area contributed by atoms with Gasteiger partial charge < -0.3 is 29.9 Å². The number of aliphatic hydroxyl groups excluding tert-OH is 4. The fourth-order valence-corrected chi connectivity index (χ4v) is 2.11. The van der Waals surface area contributed by atoms with Gasteiger partial charge in [-0.1, -0.05) is 26.2 Å². The number of esters is 1. The van der Waals surface area contributed by atoms with Gasteiger partial charge in [0.15, 0.2) is 12.4 Å². The molecule has 1 aliphatic heterocycles. The van der Waals surface area contributed by atoms with E-state index in [0.29, 0.717) is 6.42 Å². The van der Waals surface area contributed by atoms with Crippen molar-refractivity contribution >= 4 is 5.97 Å². The number of aliphatic hydroxyl groups is 4. The molecular weight excluding hydrogens is 268 g/mol. The zero-order chi connectivity index (χ0) is 15.1. The molecule has 0 amide bonds. The van der Waals surface area contributed by atoms with E-state index in [1.165, 1.54) is 0 Å². The first kappa shape index (κ1) is 17.3. The highest BCUT2D eigenvalue weighted by molar-refractivity contribution is 5.69. The molecule has 20 heavy (non-hydrogen) atoms. The summed E-state index contributed by atoms with van der Waals surface area (Å²) in [5.74, 6) is -0.553. The molecule has 7 heteroatoms. The summed E-state index contributed by atoms with van der Waals surface area (Å²) in [6.45, 7) is 1.51. The molecule has 1 rings (SSSR count). The average Bonchev–Trinajstić information content (AvgIpc) is 2.43. The molecule has 118 valence electrons. The molecule has 5 atom stereocenters. The summed E-state index contributed by atoms with van der Waals surface area (Å²) < 4.78 is 9.85. The molecule has 1 heterocycles. The lowest BCUT2D eigenvalue weighted by atomic mass is 9.99. The van der Waals surface area contributed by atoms with E-state index in [1.54, 1.807) is 0 Å². The summed E-state index contributed by atoms with van der Waals surface area (Å²) in [6, 6.07) is 0. The Kier molecular flexibility index (Phi) is 7.39. The Morgan fingerprint density at radius 3 is 2.45 bits per heavy atom. The van der Waals surface area contributed by atoms with E-state index in [0.717, 1.165) is 19.3 Å². The van der Waals surface area contributed by atoms with Gasteiger partial charge >= 0.3 is 5.97 Å². The second kappa shape index (κ2) is 8.53. The molecule has 0 aromatic heterocycles. The number of hydrogen-bond acceptors (Lipinski definition) is 7. The highest BCUT2D eigenvalue weighted by Crippen LogP contribution is 2.22. The summed E-state index contributed by atoms with van der Waals surface area (Å²) >= 11 is 0. The maximum absolute atomic E-state index is 11.6. The van der Waals surface area contributed by atoms with Crippen LogP contribution in [-0.4, -0.2) is 63.7 Å². The first-order chi connectivity index (χ1) is 9.51. The van der Waals surface area contributed by atoms with Gasteiger partial charge in [0.1, 0.15) is 18.3 Å². The van der Waals surface area contributed by atoms with Crippen molar-refractivity contribution in [2.24, 2.45) is 0 Å². The molecule has 0 radical (unpaired) electrons. The standard InChI is InChI=1S/C13H24O7/c1-2-3-4-5-6-9(15)20-12-11(17)10(16)8(7-14)19-13(12)18/h8,10-14,16-18H,2-7H2,1H3/t8-,10-,11+,12-,13+/m1/s1. The Morgan fingerprint density at radius 1 is 1.15 bits per heavy atom. The normalized spacial score (nSPS) is 34.0. The van der Waals surface area contributed by atoms with Crippen LogP contribution in [0.2, 0.25) is 0 Å². The van der Waals surface area contributed by atoms with Crippen LogP contribution in [-0.2, 0) is 14.3 Å². The van der Waals surface area contributed by atoms with Gasteiger partial charge in [-0.2, -0.15) is 0 Å². The lowest BCUT2D eigenvalue weighted by molar-refractivity contribution is -0.290. The predicted octanol–water partition coefficient (Wildman–Crippen LogP) is -0.700. The Balaban J connectivity index is 2.43. The van der Waals surface area contributed by atoms with E-state index < -0.39 is 43.3 Å². The average molecular weight is 292 g/mol. The molecule has 1 aliphatic rings. The van der Waals surface area contributed by atoms with Crippen LogP contribution in [0.5, 0.6) is 0 Å². The smallest absolute Gasteiger partial charge is 0.306 e. The lowest BCUT2D eigenvalue weighted by Gasteiger charge is -2.39. The van der Waals surface area contributed by atoms with Crippen molar-refractivity contribution < 1.29 is 34.7 Å². The fourth-order valence-electron chi connectivity index (χ4n) is 2.11. The third-order valence-electron chi connectivity index (χ3n) is 3.34. The summed E-state index contributed by atoms with van der Waals surface area (Å²) in [7, 11) is 0. The van der Waals surface area contributed by atoms with Crippen LogP contribution in [0.1, 0.15) is 39.0 Å². The number of ether oxygens (including phenoxy) is 2. The summed E-state index contributed by atoms with van der Waals surface area (Å²) in [5, 5.41) is 38.0. The predicted molar refractivity (Wildman–Crippen MR) is 68.6 cm³/mol. The van der Waals surface area contributed by atoms with E-state index in [1.807, 2.05) is 0 Å². The van der Waals surface area contributed by atoms with Crippen molar-refractivity contribution in [3.05, 3.63) is 0 Å². The second-order valence-electron chi connectivity index (χ2n) is 4.99. The fraction of sp³-hybridized carbons (Fsp3) is 0.923. The Labute approximate surface area is 118 Å². The molecule has 0 aliphatic carbocycles. The van der Waals surface area contributed by atoms with Crippen LogP contribution in [0.25, 0.3) is 0 Å². The second-order valence-corrected chi connectivity index (χ2v) is 4.99. The number of carbonyl (C=O) groups excluding carboxylic acids is 1. The molecular formula is C13H24O7. The molecule has 1 fully saturated rings. The van der Waals surface area contributed by atoms with Crippen molar-refractivity contribution in [3.8, 4) is 0 Å². The van der Waals surface area contributed by atoms with Crippen molar-refractivity contribution in [1.82, 2.24) is 0 Å². The Morgan fingerprint density at radius 2 is 1.85 bits per heavy atom. The topological polar surface area (TPSA) is 116 Å². The summed E-state index contributed by atoms with van der Waals surface area (Å²) in [5.41, 5.74) is 0. The molecule has 4 N–H and O–H groups in total. The van der Waals surface area contributed by atoms with E-state index in [2.05, 4.69) is 6.92 Å². The van der Waals surface area contributed by atoms with Gasteiger partial charge in [-0.25, -0.2) is 0 Å². The zero-order valence-electron chi connectivity index (χ0n) is 11.6. The quantitative estimate of drug-likeness (QED) is 0.362. The van der Waals surface area contributed by atoms with Gasteiger partial charge in [0.25, 0.3) is 0 Å². The van der Waals surface area contributed by atoms with Gasteiger partial charge in [0, 0.05) is 6.42 Å². The minimum atomic E-state index is -1.56. The van der Waals surface area contributed by atoms with Crippen LogP contribution < -0.4 is 0 Å². The van der Waals surface area contributed by atoms with Crippen LogP contribution >= 0.6 is 0 Å². The zero-order valence-corrected chi connectivity index (χ0v) is 11.6. The van der Waals surface area contributed by atoms with Gasteiger partial charge in [-0.05, 0) is 6.42 Å². The van der Waals surface area contributed by atoms with Gasteiger partial charge in [-0.15, -0.1) is 0 Å². The van der Waals surface area contributed by atoms with Gasteiger partial charge in [0.2, 0.25) is 0 Å². The van der Waals surface area contributed by atoms with E-state index >= 15 is 0 Å². The molecule has 0 aromatic rings. The summed E-state index contributed by atoms with van der Waals surface area (Å²) in [4.78, 5) is 11.6. The lowest BCUT2D eigenvalue weighted by Crippen LogP contribution is -2.59. The molecule has 0 aromatic carbocycles. The van der Waals surface area contributed by atoms with E-state index in [4.69, 9.17) is 14.6 Å². The van der Waals surface area contributed by atoms with Gasteiger partial charge in [-0.3, -0.25) is 4.79 Å². The van der Waals surface area contributed by atoms with Crippen molar-refractivity contribution in [3.63, 3.8) is 0 Å². The highest BCUT2D eigenvalue weighted by atomic mass is 16.7. The maximum Gasteiger partial charge on any atom is 0.306 e. The molecule has 0 unspecified atom stereocenters. The van der Waals surface area contributed by atoms with Crippen molar-refractivity contribution in [2.45, 2.75) is 69.7 Å². The number of hydrogen-bond donors (Lipinski definition) is 4. The first-order valence-electron chi connectivity index (χ1n) is 7.01. The SMILES string of the molecule is CCCCCCC(=O)O[C@@H]1[C@@H](O)[C@H](O)[C@@H](CO)O[C@@H]1O. The molecule has 0 saturated carbocycles. The molecule has 1 saturated heterocycles. The first-order valence-corrected chi connectivity index (χ1v) is 7.01. The third kappa shape index (κ3) is 4.68. The van der Waals surface area contributed by atoms with Gasteiger partial charge in [0.05, 0.1) is 6.61 Å². The number of carbonyl (C=O) groups is 1. The van der Waals surface area contributed by atoms with Crippen LogP contribution in [0.4, 0.5) is 0 Å². The Hall–Kier alpha value is -0.730. The van der Waals surface area contributed by atoms with E-state index in [-0.39, 0.29) is 6.42 Å². The monoisotopic (exact) mass is 292 g/mol. The van der Waals surface area contributed by atoms with Crippen molar-refractivity contribution in [2.75, 3.05) is 6.61 Å². The third-order valence-corrected chi connectivity index (χ3v) is 3.34. The van der Waals surface area contributed by atoms with Crippen LogP contribution in [0.15, 0.2) is 0 Å². The molecule has 0 spiro atoms. The molecule has 7 nitrogen and oxygen atoms in total. The van der Waals surface area contributed by atoms with Crippen LogP contribution in [0, 0.1) is 0 Å². The summed E-state index contributed by atoms with van der Waals surface area (Å²) in [6.07, 6.45) is -3.05.